The molecule has 1 aliphatic rings. The van der Waals surface area contributed by atoms with E-state index in [1.54, 1.807) is 6.07 Å². The normalized spacial score (nSPS) is 18.0. The number of urea groups is 1. The van der Waals surface area contributed by atoms with Crippen LogP contribution in [-0.2, 0) is 9.47 Å². The molecule has 7 nitrogen and oxygen atoms in total. The lowest BCUT2D eigenvalue weighted by molar-refractivity contribution is -0.0852. The average molecular weight is 359 g/mol. The third-order valence-electron chi connectivity index (χ3n) is 2.84. The van der Waals surface area contributed by atoms with Crippen molar-refractivity contribution in [3.63, 3.8) is 0 Å². The van der Waals surface area contributed by atoms with Crippen molar-refractivity contribution in [3.05, 3.63) is 28.2 Å². The van der Waals surface area contributed by atoms with Crippen molar-refractivity contribution in [2.45, 2.75) is 6.10 Å². The van der Waals surface area contributed by atoms with E-state index in [9.17, 15) is 9.59 Å². The molecule has 1 heterocycles. The number of aromatic carboxylic acids is 1. The molecule has 0 saturated carbocycles. The van der Waals surface area contributed by atoms with E-state index in [2.05, 4.69) is 26.6 Å². The van der Waals surface area contributed by atoms with Crippen LogP contribution in [0.1, 0.15) is 10.4 Å². The van der Waals surface area contributed by atoms with Gasteiger partial charge in [0.05, 0.1) is 37.2 Å². The van der Waals surface area contributed by atoms with Gasteiger partial charge >= 0.3 is 12.0 Å². The monoisotopic (exact) mass is 358 g/mol. The van der Waals surface area contributed by atoms with E-state index in [1.165, 1.54) is 12.1 Å². The highest BCUT2D eigenvalue weighted by Gasteiger charge is 2.16. The molecule has 3 N–H and O–H groups in total. The highest BCUT2D eigenvalue weighted by molar-refractivity contribution is 9.10. The number of anilines is 1. The summed E-state index contributed by atoms with van der Waals surface area (Å²) in [5.41, 5.74) is 0.237. The molecule has 1 aliphatic heterocycles. The largest absolute Gasteiger partial charge is 0.478 e. The van der Waals surface area contributed by atoms with Gasteiger partial charge in [0.15, 0.2) is 0 Å². The van der Waals surface area contributed by atoms with E-state index >= 15 is 0 Å². The van der Waals surface area contributed by atoms with Gasteiger partial charge in [-0.1, -0.05) is 15.9 Å². The smallest absolute Gasteiger partial charge is 0.337 e. The maximum atomic E-state index is 11.8. The molecule has 0 spiro atoms. The van der Waals surface area contributed by atoms with E-state index in [-0.39, 0.29) is 17.4 Å². The first-order valence-electron chi connectivity index (χ1n) is 6.33. The van der Waals surface area contributed by atoms with Gasteiger partial charge in [-0.05, 0) is 18.2 Å². The predicted octanol–water partition coefficient (Wildman–Crippen LogP) is 1.68. The lowest BCUT2D eigenvalue weighted by Crippen LogP contribution is -2.41. The number of rotatable bonds is 4. The predicted molar refractivity (Wildman–Crippen MR) is 78.7 cm³/mol. The Balaban J connectivity index is 1.91. The standard InChI is InChI=1S/C13H15BrN2O5/c14-8-1-2-11(10(5-8)12(17)18)16-13(19)15-6-9-7-20-3-4-21-9/h1-2,5,9H,3-4,6-7H2,(H,17,18)(H2,15,16,19). The number of carboxylic acids is 1. The first-order chi connectivity index (χ1) is 10.1. The average Bonchev–Trinajstić information content (AvgIpc) is 2.48. The Bertz CT molecular complexity index is 531. The quantitative estimate of drug-likeness (QED) is 0.760. The Morgan fingerprint density at radius 2 is 2.19 bits per heavy atom. The summed E-state index contributed by atoms with van der Waals surface area (Å²) >= 11 is 3.19. The summed E-state index contributed by atoms with van der Waals surface area (Å²) in [6.07, 6.45) is -0.187. The molecular weight excluding hydrogens is 344 g/mol. The number of carbonyl (C=O) groups excluding carboxylic acids is 1. The highest BCUT2D eigenvalue weighted by Crippen LogP contribution is 2.21. The van der Waals surface area contributed by atoms with Crippen LogP contribution in [0.4, 0.5) is 10.5 Å². The lowest BCUT2D eigenvalue weighted by atomic mass is 10.2. The number of ether oxygens (including phenoxy) is 2. The first kappa shape index (κ1) is 15.7. The Hall–Kier alpha value is -1.64. The van der Waals surface area contributed by atoms with Crippen molar-refractivity contribution in [1.29, 1.82) is 0 Å². The fraction of sp³-hybridized carbons (Fsp3) is 0.385. The maximum Gasteiger partial charge on any atom is 0.337 e. The molecular formula is C13H15BrN2O5. The Morgan fingerprint density at radius 1 is 1.38 bits per heavy atom. The second-order valence-corrected chi connectivity index (χ2v) is 5.31. The van der Waals surface area contributed by atoms with Crippen LogP contribution in [0.25, 0.3) is 0 Å². The third kappa shape index (κ3) is 4.69. The molecule has 1 aromatic rings. The van der Waals surface area contributed by atoms with Gasteiger partial charge in [0.25, 0.3) is 0 Å². The van der Waals surface area contributed by atoms with Crippen LogP contribution < -0.4 is 10.6 Å². The van der Waals surface area contributed by atoms with Gasteiger partial charge in [0, 0.05) is 11.0 Å². The SMILES string of the molecule is O=C(NCC1COCCO1)Nc1ccc(Br)cc1C(=O)O. The number of benzene rings is 1. The van der Waals surface area contributed by atoms with Crippen LogP contribution in [0, 0.1) is 0 Å². The van der Waals surface area contributed by atoms with E-state index in [0.29, 0.717) is 30.8 Å². The molecule has 1 aromatic carbocycles. The fourth-order valence-electron chi connectivity index (χ4n) is 1.83. The summed E-state index contributed by atoms with van der Waals surface area (Å²) in [6.45, 7) is 1.79. The van der Waals surface area contributed by atoms with Crippen molar-refractivity contribution < 1.29 is 24.2 Å². The van der Waals surface area contributed by atoms with Crippen molar-refractivity contribution in [2.75, 3.05) is 31.7 Å². The van der Waals surface area contributed by atoms with Crippen LogP contribution >= 0.6 is 15.9 Å². The molecule has 1 fully saturated rings. The molecule has 0 aromatic heterocycles. The molecule has 0 radical (unpaired) electrons. The van der Waals surface area contributed by atoms with Crippen molar-refractivity contribution in [1.82, 2.24) is 5.32 Å². The summed E-state index contributed by atoms with van der Waals surface area (Å²) in [5, 5.41) is 14.2. The summed E-state index contributed by atoms with van der Waals surface area (Å²) in [6, 6.07) is 4.11. The fourth-order valence-corrected chi connectivity index (χ4v) is 2.19. The highest BCUT2D eigenvalue weighted by atomic mass is 79.9. The summed E-state index contributed by atoms with van der Waals surface area (Å²) in [4.78, 5) is 22.9. The van der Waals surface area contributed by atoms with E-state index < -0.39 is 12.0 Å². The summed E-state index contributed by atoms with van der Waals surface area (Å²) in [7, 11) is 0. The van der Waals surface area contributed by atoms with Gasteiger partial charge in [-0.25, -0.2) is 9.59 Å². The molecule has 8 heteroatoms. The zero-order valence-corrected chi connectivity index (χ0v) is 12.7. The van der Waals surface area contributed by atoms with E-state index in [1.807, 2.05) is 0 Å². The first-order valence-corrected chi connectivity index (χ1v) is 7.12. The second kappa shape index (κ2) is 7.39. The summed E-state index contributed by atoms with van der Waals surface area (Å²) < 4.78 is 11.2. The van der Waals surface area contributed by atoms with Gasteiger partial charge in [-0.2, -0.15) is 0 Å². The Labute approximate surface area is 129 Å². The number of amides is 2. The zero-order chi connectivity index (χ0) is 15.2. The molecule has 2 amide bonds. The summed E-state index contributed by atoms with van der Waals surface area (Å²) in [5.74, 6) is -1.12. The Morgan fingerprint density at radius 3 is 2.86 bits per heavy atom. The number of nitrogens with one attached hydrogen (secondary N) is 2. The van der Waals surface area contributed by atoms with Gasteiger partial charge < -0.3 is 25.2 Å². The number of hydrogen-bond acceptors (Lipinski definition) is 4. The maximum absolute atomic E-state index is 11.8. The minimum absolute atomic E-state index is 0.0109. The zero-order valence-electron chi connectivity index (χ0n) is 11.1. The van der Waals surface area contributed by atoms with Crippen LogP contribution in [-0.4, -0.2) is 49.6 Å². The second-order valence-electron chi connectivity index (χ2n) is 4.40. The molecule has 0 bridgehead atoms. The van der Waals surface area contributed by atoms with Crippen molar-refractivity contribution in [2.24, 2.45) is 0 Å². The van der Waals surface area contributed by atoms with Crippen molar-refractivity contribution >= 4 is 33.6 Å². The van der Waals surface area contributed by atoms with Crippen LogP contribution in [0.15, 0.2) is 22.7 Å². The molecule has 0 aliphatic carbocycles. The molecule has 114 valence electrons. The molecule has 2 rings (SSSR count). The van der Waals surface area contributed by atoms with Crippen LogP contribution in [0.2, 0.25) is 0 Å². The molecule has 1 saturated heterocycles. The minimum atomic E-state index is -1.12. The third-order valence-corrected chi connectivity index (χ3v) is 3.33. The van der Waals surface area contributed by atoms with E-state index in [0.717, 1.165) is 0 Å². The number of carbonyl (C=O) groups is 2. The van der Waals surface area contributed by atoms with Crippen LogP contribution in [0.3, 0.4) is 0 Å². The molecule has 1 unspecified atom stereocenters. The van der Waals surface area contributed by atoms with Gasteiger partial charge in [0.1, 0.15) is 0 Å². The number of halogens is 1. The van der Waals surface area contributed by atoms with Gasteiger partial charge in [-0.3, -0.25) is 0 Å². The van der Waals surface area contributed by atoms with Gasteiger partial charge in [0.2, 0.25) is 0 Å². The van der Waals surface area contributed by atoms with E-state index in [4.69, 9.17) is 14.6 Å². The molecule has 21 heavy (non-hydrogen) atoms. The lowest BCUT2D eigenvalue weighted by Gasteiger charge is -2.23. The topological polar surface area (TPSA) is 96.9 Å². The number of carboxylic acid groups (broad SMARTS) is 1. The molecule has 1 atom stereocenters. The Kier molecular flexibility index (Phi) is 5.54. The minimum Gasteiger partial charge on any atom is -0.478 e. The van der Waals surface area contributed by atoms with Gasteiger partial charge in [-0.15, -0.1) is 0 Å². The van der Waals surface area contributed by atoms with Crippen LogP contribution in [0.5, 0.6) is 0 Å². The number of hydrogen-bond donors (Lipinski definition) is 3. The van der Waals surface area contributed by atoms with Crippen molar-refractivity contribution in [3.8, 4) is 0 Å².